The Morgan fingerprint density at radius 3 is 1.91 bits per heavy atom. The summed E-state index contributed by atoms with van der Waals surface area (Å²) in [6.07, 6.45) is 0. The van der Waals surface area contributed by atoms with Crippen LogP contribution in [0.5, 0.6) is 11.5 Å². The van der Waals surface area contributed by atoms with Crippen molar-refractivity contribution in [2.24, 2.45) is 0 Å². The summed E-state index contributed by atoms with van der Waals surface area (Å²) in [6.45, 7) is 0. The van der Waals surface area contributed by atoms with Crippen molar-refractivity contribution in [3.8, 4) is 44.9 Å². The van der Waals surface area contributed by atoms with E-state index in [1.54, 1.807) is 0 Å². The van der Waals surface area contributed by atoms with Crippen LogP contribution in [0.15, 0.2) is 158 Å². The van der Waals surface area contributed by atoms with Gasteiger partial charge in [0.05, 0.1) is 0 Å². The van der Waals surface area contributed by atoms with Gasteiger partial charge in [0.25, 0.3) is 0 Å². The molecule has 0 aromatic heterocycles. The van der Waals surface area contributed by atoms with E-state index in [4.69, 9.17) is 4.74 Å². The molecule has 0 fully saturated rings. The summed E-state index contributed by atoms with van der Waals surface area (Å²) in [5, 5.41) is 12.5. The van der Waals surface area contributed by atoms with Crippen molar-refractivity contribution >= 4 is 53.9 Å². The predicted octanol–water partition coefficient (Wildman–Crippen LogP) is 12.6. The van der Waals surface area contributed by atoms with E-state index >= 15 is 0 Å². The molecule has 0 atom stereocenters. The van der Waals surface area contributed by atoms with Gasteiger partial charge in [-0.15, -0.1) is 0 Å². The molecular weight excluding hydrogens is 544 g/mol. The third kappa shape index (κ3) is 3.56. The second kappa shape index (κ2) is 9.29. The molecule has 0 radical (unpaired) electrons. The Labute approximate surface area is 260 Å². The van der Waals surface area contributed by atoms with Crippen molar-refractivity contribution in [3.63, 3.8) is 0 Å². The molecule has 1 nitrogen and oxygen atoms in total. The average molecular weight is 571 g/mol. The van der Waals surface area contributed by atoms with Crippen LogP contribution in [0.2, 0.25) is 0 Å². The first-order chi connectivity index (χ1) is 22.3. The Kier molecular flexibility index (Phi) is 5.06. The van der Waals surface area contributed by atoms with Crippen molar-refractivity contribution in [1.82, 2.24) is 0 Å². The lowest BCUT2D eigenvalue weighted by Gasteiger charge is -2.23. The lowest BCUT2D eigenvalue weighted by atomic mass is 9.86. The second-order valence-electron chi connectivity index (χ2n) is 12.0. The van der Waals surface area contributed by atoms with Gasteiger partial charge in [-0.25, -0.2) is 0 Å². The monoisotopic (exact) mass is 570 g/mol. The lowest BCUT2D eigenvalue weighted by molar-refractivity contribution is 0.488. The van der Waals surface area contributed by atoms with Gasteiger partial charge >= 0.3 is 0 Å². The summed E-state index contributed by atoms with van der Waals surface area (Å²) in [6, 6.07) is 57.3. The van der Waals surface area contributed by atoms with Crippen LogP contribution in [-0.2, 0) is 0 Å². The van der Waals surface area contributed by atoms with Crippen LogP contribution in [0.4, 0.5) is 0 Å². The first-order valence-electron chi connectivity index (χ1n) is 15.5. The molecule has 0 aliphatic carbocycles. The molecule has 1 aliphatic rings. The number of fused-ring (bicyclic) bond motifs is 8. The molecule has 0 N–H and O–H groups in total. The fourth-order valence-corrected chi connectivity index (χ4v) is 7.62. The van der Waals surface area contributed by atoms with Crippen LogP contribution in [0.1, 0.15) is 0 Å². The smallest absolute Gasteiger partial charge is 0.136 e. The SMILES string of the molecule is c1ccc(-c2c3cccc(-c4ccc5c(c4)-c4cccc6c4c(cc4ccccc46)O5)c3cc3ccc4ccccc4c23)cc1. The third-order valence-corrected chi connectivity index (χ3v) is 9.60. The topological polar surface area (TPSA) is 9.23 Å². The van der Waals surface area contributed by atoms with Crippen molar-refractivity contribution < 1.29 is 4.74 Å². The predicted molar refractivity (Wildman–Crippen MR) is 190 cm³/mol. The molecular formula is C44H26O. The molecule has 10 rings (SSSR count). The highest BCUT2D eigenvalue weighted by atomic mass is 16.5. The van der Waals surface area contributed by atoms with Gasteiger partial charge in [0.1, 0.15) is 11.5 Å². The van der Waals surface area contributed by atoms with Gasteiger partial charge in [-0.05, 0) is 101 Å². The number of rotatable bonds is 2. The molecule has 9 aromatic rings. The number of benzene rings is 9. The summed E-state index contributed by atoms with van der Waals surface area (Å²) in [5.41, 5.74) is 7.28. The van der Waals surface area contributed by atoms with Crippen LogP contribution in [0.3, 0.4) is 0 Å². The van der Waals surface area contributed by atoms with Gasteiger partial charge in [0, 0.05) is 10.9 Å². The van der Waals surface area contributed by atoms with E-state index in [2.05, 4.69) is 158 Å². The Morgan fingerprint density at radius 2 is 1.02 bits per heavy atom. The van der Waals surface area contributed by atoms with Gasteiger partial charge in [0.2, 0.25) is 0 Å². The fourth-order valence-electron chi connectivity index (χ4n) is 7.62. The van der Waals surface area contributed by atoms with Crippen molar-refractivity contribution in [2.75, 3.05) is 0 Å². The highest BCUT2D eigenvalue weighted by molar-refractivity contribution is 6.24. The molecule has 45 heavy (non-hydrogen) atoms. The zero-order valence-electron chi connectivity index (χ0n) is 24.4. The Bertz CT molecular complexity index is 2670. The highest BCUT2D eigenvalue weighted by Crippen LogP contribution is 2.50. The maximum Gasteiger partial charge on any atom is 0.136 e. The van der Waals surface area contributed by atoms with E-state index in [1.165, 1.54) is 81.7 Å². The van der Waals surface area contributed by atoms with Crippen LogP contribution in [0, 0.1) is 0 Å². The van der Waals surface area contributed by atoms with Crippen LogP contribution < -0.4 is 4.74 Å². The van der Waals surface area contributed by atoms with Crippen LogP contribution in [-0.4, -0.2) is 0 Å². The summed E-state index contributed by atoms with van der Waals surface area (Å²) in [7, 11) is 0. The van der Waals surface area contributed by atoms with Crippen LogP contribution in [0.25, 0.3) is 87.2 Å². The standard InChI is InChI=1S/C44H26O/c1-2-11-28(12-3-1)42-36-18-8-16-33(38(36)25-31-21-20-27-10-4-7-15-34(27)43(31)42)30-22-23-40-39(24-30)37-19-9-17-35-32-14-6-5-13-29(32)26-41(45-40)44(35)37/h1-26H. The fraction of sp³-hybridized carbons (Fsp3) is 0. The van der Waals surface area contributed by atoms with Gasteiger partial charge < -0.3 is 4.74 Å². The molecule has 0 bridgehead atoms. The lowest BCUT2D eigenvalue weighted by Crippen LogP contribution is -1.98. The van der Waals surface area contributed by atoms with E-state index in [0.29, 0.717) is 0 Å². The van der Waals surface area contributed by atoms with E-state index in [-0.39, 0.29) is 0 Å². The van der Waals surface area contributed by atoms with E-state index in [9.17, 15) is 0 Å². The van der Waals surface area contributed by atoms with E-state index in [1.807, 2.05) is 0 Å². The second-order valence-corrected chi connectivity index (χ2v) is 12.0. The summed E-state index contributed by atoms with van der Waals surface area (Å²) >= 11 is 0. The van der Waals surface area contributed by atoms with Crippen molar-refractivity contribution in [2.45, 2.75) is 0 Å². The molecule has 1 aliphatic heterocycles. The molecule has 9 aromatic carbocycles. The third-order valence-electron chi connectivity index (χ3n) is 9.60. The Morgan fingerprint density at radius 1 is 0.311 bits per heavy atom. The molecule has 1 heterocycles. The first-order valence-corrected chi connectivity index (χ1v) is 15.5. The van der Waals surface area contributed by atoms with E-state index < -0.39 is 0 Å². The molecule has 208 valence electrons. The van der Waals surface area contributed by atoms with Crippen molar-refractivity contribution in [3.05, 3.63) is 158 Å². The summed E-state index contributed by atoms with van der Waals surface area (Å²) in [5.74, 6) is 1.83. The zero-order chi connectivity index (χ0) is 29.5. The summed E-state index contributed by atoms with van der Waals surface area (Å²) in [4.78, 5) is 0. The average Bonchev–Trinajstić information content (AvgIpc) is 3.10. The Balaban J connectivity index is 1.25. The summed E-state index contributed by atoms with van der Waals surface area (Å²) < 4.78 is 6.61. The van der Waals surface area contributed by atoms with Gasteiger partial charge in [-0.2, -0.15) is 0 Å². The van der Waals surface area contributed by atoms with Crippen LogP contribution >= 0.6 is 0 Å². The quantitative estimate of drug-likeness (QED) is 0.148. The highest BCUT2D eigenvalue weighted by Gasteiger charge is 2.23. The first kappa shape index (κ1) is 24.5. The minimum Gasteiger partial charge on any atom is -0.456 e. The Hall–Kier alpha value is -5.92. The molecule has 0 saturated carbocycles. The van der Waals surface area contributed by atoms with Crippen molar-refractivity contribution in [1.29, 1.82) is 0 Å². The van der Waals surface area contributed by atoms with Gasteiger partial charge in [0.15, 0.2) is 0 Å². The molecule has 1 heteroatoms. The minimum atomic E-state index is 0.899. The molecule has 0 spiro atoms. The molecule has 0 saturated heterocycles. The van der Waals surface area contributed by atoms with Gasteiger partial charge in [-0.1, -0.05) is 133 Å². The normalized spacial score (nSPS) is 12.2. The number of hydrogen-bond acceptors (Lipinski definition) is 1. The molecule has 0 unspecified atom stereocenters. The largest absolute Gasteiger partial charge is 0.456 e. The number of ether oxygens (including phenoxy) is 1. The maximum atomic E-state index is 6.61. The molecule has 0 amide bonds. The minimum absolute atomic E-state index is 0.899. The number of hydrogen-bond donors (Lipinski definition) is 0. The maximum absolute atomic E-state index is 6.61. The van der Waals surface area contributed by atoms with E-state index in [0.717, 1.165) is 17.1 Å². The zero-order valence-corrected chi connectivity index (χ0v) is 24.4. The van der Waals surface area contributed by atoms with Gasteiger partial charge in [-0.3, -0.25) is 0 Å².